The SMILES string of the molecule is CCCC(C(=O)O[SiH3])(C1CCCCC1)C(C)C1CCCCC1. The molecule has 2 nitrogen and oxygen atoms in total. The molecule has 0 amide bonds. The van der Waals surface area contributed by atoms with Gasteiger partial charge in [-0.2, -0.15) is 0 Å². The fraction of sp³-hybridized carbons (Fsp3) is 0.947. The molecule has 3 heteroatoms. The number of carbonyl (C=O) groups excluding carboxylic acids is 1. The van der Waals surface area contributed by atoms with E-state index in [1.807, 2.05) is 0 Å². The summed E-state index contributed by atoms with van der Waals surface area (Å²) in [6.45, 7) is 4.63. The van der Waals surface area contributed by atoms with Gasteiger partial charge in [0.1, 0.15) is 0 Å². The third-order valence-corrected chi connectivity index (χ3v) is 7.10. The van der Waals surface area contributed by atoms with Crippen molar-refractivity contribution in [1.82, 2.24) is 0 Å². The van der Waals surface area contributed by atoms with Gasteiger partial charge in [0, 0.05) is 0 Å². The van der Waals surface area contributed by atoms with E-state index in [1.54, 1.807) is 0 Å². The minimum Gasteiger partial charge on any atom is -0.528 e. The molecule has 0 heterocycles. The summed E-state index contributed by atoms with van der Waals surface area (Å²) in [6.07, 6.45) is 15.4. The Morgan fingerprint density at radius 3 is 2.14 bits per heavy atom. The van der Waals surface area contributed by atoms with E-state index in [-0.39, 0.29) is 11.4 Å². The van der Waals surface area contributed by atoms with Gasteiger partial charge in [-0.3, -0.25) is 4.79 Å². The highest BCUT2D eigenvalue weighted by atomic mass is 28.2. The monoisotopic (exact) mass is 324 g/mol. The van der Waals surface area contributed by atoms with E-state index >= 15 is 0 Å². The summed E-state index contributed by atoms with van der Waals surface area (Å²) < 4.78 is 5.53. The van der Waals surface area contributed by atoms with Gasteiger partial charge in [0.25, 0.3) is 5.97 Å². The maximum Gasteiger partial charge on any atom is 0.298 e. The quantitative estimate of drug-likeness (QED) is 0.677. The highest BCUT2D eigenvalue weighted by molar-refractivity contribution is 6.06. The molecule has 0 saturated heterocycles. The van der Waals surface area contributed by atoms with Crippen molar-refractivity contribution in [2.45, 2.75) is 90.9 Å². The second-order valence-corrected chi connectivity index (χ2v) is 8.21. The Hall–Kier alpha value is -0.313. The lowest BCUT2D eigenvalue weighted by Crippen LogP contribution is -2.48. The van der Waals surface area contributed by atoms with Crippen LogP contribution < -0.4 is 0 Å². The smallest absolute Gasteiger partial charge is 0.298 e. The molecule has 0 radical (unpaired) electrons. The summed E-state index contributed by atoms with van der Waals surface area (Å²) in [6, 6.07) is 0. The van der Waals surface area contributed by atoms with Gasteiger partial charge in [-0.1, -0.05) is 71.6 Å². The Morgan fingerprint density at radius 2 is 1.64 bits per heavy atom. The molecule has 0 aliphatic heterocycles. The zero-order valence-electron chi connectivity index (χ0n) is 15.0. The average molecular weight is 325 g/mol. The number of hydrogen-bond acceptors (Lipinski definition) is 2. The standard InChI is InChI=1S/C19H36O2Si/c1-3-14-19(18(20)21-22,17-12-8-5-9-13-17)15(2)16-10-6-4-7-11-16/h15-17H,3-14H2,1-2,22H3. The molecular weight excluding hydrogens is 288 g/mol. The van der Waals surface area contributed by atoms with E-state index in [0.717, 1.165) is 18.8 Å². The molecular formula is C19H36O2Si. The van der Waals surface area contributed by atoms with Crippen LogP contribution in [0.1, 0.15) is 90.9 Å². The molecule has 2 rings (SSSR count). The van der Waals surface area contributed by atoms with Crippen molar-refractivity contribution in [3.05, 3.63) is 0 Å². The van der Waals surface area contributed by atoms with E-state index in [9.17, 15) is 4.79 Å². The predicted octanol–water partition coefficient (Wildman–Crippen LogP) is 4.39. The minimum absolute atomic E-state index is 0.158. The van der Waals surface area contributed by atoms with Crippen molar-refractivity contribution in [3.8, 4) is 0 Å². The third-order valence-electron chi connectivity index (χ3n) is 6.73. The first-order chi connectivity index (χ1) is 10.7. The maximum atomic E-state index is 13.0. The number of rotatable bonds is 6. The Kier molecular flexibility index (Phi) is 6.98. The highest BCUT2D eigenvalue weighted by Crippen LogP contribution is 2.52. The molecule has 2 saturated carbocycles. The van der Waals surface area contributed by atoms with E-state index in [1.165, 1.54) is 64.2 Å². The molecule has 2 unspecified atom stereocenters. The topological polar surface area (TPSA) is 26.3 Å². The van der Waals surface area contributed by atoms with Crippen molar-refractivity contribution in [1.29, 1.82) is 0 Å². The number of hydrogen-bond donors (Lipinski definition) is 0. The second-order valence-electron chi connectivity index (χ2n) is 7.80. The second kappa shape index (κ2) is 8.51. The molecule has 2 aliphatic rings. The maximum absolute atomic E-state index is 13.0. The molecule has 128 valence electrons. The van der Waals surface area contributed by atoms with Gasteiger partial charge in [0.2, 0.25) is 10.5 Å². The number of carbonyl (C=O) groups is 1. The highest BCUT2D eigenvalue weighted by Gasteiger charge is 2.51. The molecule has 0 N–H and O–H groups in total. The van der Waals surface area contributed by atoms with Crippen molar-refractivity contribution >= 4 is 16.5 Å². The zero-order chi connectivity index (χ0) is 16.0. The molecule has 0 aromatic heterocycles. The molecule has 0 aromatic rings. The first kappa shape index (κ1) is 18.0. The van der Waals surface area contributed by atoms with Gasteiger partial charge in [0.05, 0.1) is 5.41 Å². The molecule has 2 fully saturated rings. The van der Waals surface area contributed by atoms with E-state index in [0.29, 0.717) is 22.3 Å². The minimum atomic E-state index is -0.182. The first-order valence-corrected chi connectivity index (χ1v) is 10.6. The van der Waals surface area contributed by atoms with E-state index < -0.39 is 0 Å². The van der Waals surface area contributed by atoms with E-state index in [2.05, 4.69) is 13.8 Å². The summed E-state index contributed by atoms with van der Waals surface area (Å²) in [7, 11) is 0.541. The molecule has 2 atom stereocenters. The predicted molar refractivity (Wildman–Crippen MR) is 95.7 cm³/mol. The zero-order valence-corrected chi connectivity index (χ0v) is 17.0. The molecule has 2 aliphatic carbocycles. The van der Waals surface area contributed by atoms with Crippen molar-refractivity contribution < 1.29 is 9.22 Å². The molecule has 0 aromatic carbocycles. The third kappa shape index (κ3) is 3.60. The van der Waals surface area contributed by atoms with Crippen LogP contribution in [-0.4, -0.2) is 16.5 Å². The van der Waals surface area contributed by atoms with Crippen molar-refractivity contribution in [3.63, 3.8) is 0 Å². The van der Waals surface area contributed by atoms with Crippen LogP contribution in [0, 0.1) is 23.2 Å². The Bertz CT molecular complexity index is 345. The van der Waals surface area contributed by atoms with Crippen LogP contribution in [0.5, 0.6) is 0 Å². The summed E-state index contributed by atoms with van der Waals surface area (Å²) in [5, 5.41) is 0. The fourth-order valence-corrected chi connectivity index (χ4v) is 5.91. The van der Waals surface area contributed by atoms with Crippen molar-refractivity contribution in [2.24, 2.45) is 23.2 Å². The van der Waals surface area contributed by atoms with Gasteiger partial charge in [-0.25, -0.2) is 0 Å². The summed E-state index contributed by atoms with van der Waals surface area (Å²) in [4.78, 5) is 13.0. The van der Waals surface area contributed by atoms with Gasteiger partial charge >= 0.3 is 0 Å². The molecule has 0 bridgehead atoms. The van der Waals surface area contributed by atoms with Crippen LogP contribution in [0.15, 0.2) is 0 Å². The Morgan fingerprint density at radius 1 is 1.09 bits per heavy atom. The first-order valence-electron chi connectivity index (χ1n) is 9.75. The summed E-state index contributed by atoms with van der Waals surface area (Å²) >= 11 is 0. The largest absolute Gasteiger partial charge is 0.528 e. The average Bonchev–Trinajstić information content (AvgIpc) is 2.60. The van der Waals surface area contributed by atoms with Crippen LogP contribution in [0.3, 0.4) is 0 Å². The lowest BCUT2D eigenvalue weighted by molar-refractivity contribution is -0.158. The van der Waals surface area contributed by atoms with Crippen LogP contribution in [0.4, 0.5) is 0 Å². The summed E-state index contributed by atoms with van der Waals surface area (Å²) in [5.41, 5.74) is -0.182. The lowest BCUT2D eigenvalue weighted by Gasteiger charge is -2.48. The van der Waals surface area contributed by atoms with Gasteiger partial charge in [0.15, 0.2) is 0 Å². The van der Waals surface area contributed by atoms with Crippen molar-refractivity contribution in [2.75, 3.05) is 0 Å². The van der Waals surface area contributed by atoms with Crippen LogP contribution >= 0.6 is 0 Å². The Labute approximate surface area is 140 Å². The van der Waals surface area contributed by atoms with Crippen LogP contribution in [-0.2, 0) is 9.22 Å². The molecule has 0 spiro atoms. The van der Waals surface area contributed by atoms with Gasteiger partial charge < -0.3 is 4.43 Å². The van der Waals surface area contributed by atoms with Crippen LogP contribution in [0.2, 0.25) is 0 Å². The fourth-order valence-electron chi connectivity index (χ4n) is 5.53. The van der Waals surface area contributed by atoms with Gasteiger partial charge in [-0.15, -0.1) is 0 Å². The normalized spacial score (nSPS) is 25.5. The lowest BCUT2D eigenvalue weighted by atomic mass is 9.56. The molecule has 22 heavy (non-hydrogen) atoms. The summed E-state index contributed by atoms with van der Waals surface area (Å²) in [5.74, 6) is 1.96. The van der Waals surface area contributed by atoms with E-state index in [4.69, 9.17) is 4.43 Å². The Balaban J connectivity index is 2.29. The van der Waals surface area contributed by atoms with Gasteiger partial charge in [-0.05, 0) is 37.0 Å². The van der Waals surface area contributed by atoms with Crippen LogP contribution in [0.25, 0.3) is 0 Å².